The zero-order valence-corrected chi connectivity index (χ0v) is 17.4. The Kier molecular flexibility index (Phi) is 7.81. The SMILES string of the molecule is CC(C)(C)NC(=O)CN1CCN(C(=S)Nc2ccc(SC(F)F)cc2)CC1. The monoisotopic (exact) mass is 416 g/mol. The van der Waals surface area contributed by atoms with Crippen LogP contribution in [0.4, 0.5) is 14.5 Å². The Balaban J connectivity index is 1.77. The van der Waals surface area contributed by atoms with Crippen LogP contribution in [-0.4, -0.2) is 64.8 Å². The van der Waals surface area contributed by atoms with Crippen molar-refractivity contribution in [2.75, 3.05) is 38.0 Å². The van der Waals surface area contributed by atoms with E-state index < -0.39 is 5.76 Å². The fourth-order valence-corrected chi connectivity index (χ4v) is 3.49. The summed E-state index contributed by atoms with van der Waals surface area (Å²) < 4.78 is 24.7. The summed E-state index contributed by atoms with van der Waals surface area (Å²) in [6, 6.07) is 6.77. The van der Waals surface area contributed by atoms with Crippen LogP contribution >= 0.6 is 24.0 Å². The van der Waals surface area contributed by atoms with E-state index >= 15 is 0 Å². The van der Waals surface area contributed by atoms with Crippen molar-refractivity contribution in [2.45, 2.75) is 37.0 Å². The van der Waals surface area contributed by atoms with Crippen LogP contribution in [0.3, 0.4) is 0 Å². The molecule has 1 aromatic rings. The number of anilines is 1. The molecule has 0 radical (unpaired) electrons. The summed E-state index contributed by atoms with van der Waals surface area (Å²) in [5.74, 6) is -2.40. The predicted octanol–water partition coefficient (Wildman–Crippen LogP) is 3.23. The van der Waals surface area contributed by atoms with Crippen molar-refractivity contribution < 1.29 is 13.6 Å². The van der Waals surface area contributed by atoms with Crippen LogP contribution in [0.1, 0.15) is 20.8 Å². The summed E-state index contributed by atoms with van der Waals surface area (Å²) >= 11 is 5.97. The second-order valence-corrected chi connectivity index (χ2v) is 8.84. The molecule has 1 aliphatic rings. The van der Waals surface area contributed by atoms with Crippen LogP contribution in [0.2, 0.25) is 0 Å². The molecular formula is C18H26F2N4OS2. The van der Waals surface area contributed by atoms with Gasteiger partial charge in [-0.05, 0) is 57.3 Å². The maximum Gasteiger partial charge on any atom is 0.288 e. The summed E-state index contributed by atoms with van der Waals surface area (Å²) in [5, 5.41) is 6.71. The van der Waals surface area contributed by atoms with E-state index in [0.29, 0.717) is 28.3 Å². The number of hydrogen-bond acceptors (Lipinski definition) is 4. The highest BCUT2D eigenvalue weighted by Gasteiger charge is 2.22. The molecule has 5 nitrogen and oxygen atoms in total. The highest BCUT2D eigenvalue weighted by Crippen LogP contribution is 2.26. The van der Waals surface area contributed by atoms with E-state index in [2.05, 4.69) is 20.4 Å². The van der Waals surface area contributed by atoms with Gasteiger partial charge < -0.3 is 15.5 Å². The van der Waals surface area contributed by atoms with E-state index in [0.717, 1.165) is 31.9 Å². The number of benzene rings is 1. The van der Waals surface area contributed by atoms with E-state index in [4.69, 9.17) is 12.2 Å². The number of thiocarbonyl (C=S) groups is 1. The lowest BCUT2D eigenvalue weighted by atomic mass is 10.1. The highest BCUT2D eigenvalue weighted by atomic mass is 32.2. The first-order valence-electron chi connectivity index (χ1n) is 8.76. The van der Waals surface area contributed by atoms with Crippen molar-refractivity contribution in [1.29, 1.82) is 0 Å². The first kappa shape index (κ1) is 21.8. The highest BCUT2D eigenvalue weighted by molar-refractivity contribution is 7.99. The normalized spacial score (nSPS) is 15.7. The molecule has 0 saturated carbocycles. The fraction of sp³-hybridized carbons (Fsp3) is 0.556. The van der Waals surface area contributed by atoms with Crippen molar-refractivity contribution in [1.82, 2.24) is 15.1 Å². The Morgan fingerprint density at radius 2 is 1.78 bits per heavy atom. The van der Waals surface area contributed by atoms with Gasteiger partial charge in [0.2, 0.25) is 5.91 Å². The number of piperazine rings is 1. The Hall–Kier alpha value is -1.45. The summed E-state index contributed by atoms with van der Waals surface area (Å²) in [7, 11) is 0. The molecule has 27 heavy (non-hydrogen) atoms. The molecule has 0 unspecified atom stereocenters. The third kappa shape index (κ3) is 7.98. The number of alkyl halides is 2. The number of rotatable bonds is 5. The number of carbonyl (C=O) groups is 1. The first-order valence-corrected chi connectivity index (χ1v) is 10.1. The number of thioether (sulfide) groups is 1. The van der Waals surface area contributed by atoms with Crippen molar-refractivity contribution >= 4 is 40.7 Å². The molecule has 1 amide bonds. The number of amides is 1. The minimum Gasteiger partial charge on any atom is -0.350 e. The molecule has 1 aromatic carbocycles. The van der Waals surface area contributed by atoms with Gasteiger partial charge in [0.25, 0.3) is 5.76 Å². The first-order chi connectivity index (χ1) is 12.6. The van der Waals surface area contributed by atoms with Crippen LogP contribution < -0.4 is 10.6 Å². The third-order valence-electron chi connectivity index (χ3n) is 3.87. The van der Waals surface area contributed by atoms with Crippen LogP contribution in [0, 0.1) is 0 Å². The molecule has 9 heteroatoms. The lowest BCUT2D eigenvalue weighted by Gasteiger charge is -2.36. The Morgan fingerprint density at radius 3 is 2.30 bits per heavy atom. The number of halogens is 2. The van der Waals surface area contributed by atoms with Crippen molar-refractivity contribution in [2.24, 2.45) is 0 Å². The number of nitrogens with one attached hydrogen (secondary N) is 2. The van der Waals surface area contributed by atoms with Crippen molar-refractivity contribution in [3.63, 3.8) is 0 Å². The Bertz CT molecular complexity index is 642. The molecule has 2 N–H and O–H groups in total. The zero-order valence-electron chi connectivity index (χ0n) is 15.8. The molecule has 0 atom stereocenters. The van der Waals surface area contributed by atoms with Gasteiger partial charge in [0, 0.05) is 42.3 Å². The van der Waals surface area contributed by atoms with Gasteiger partial charge in [-0.15, -0.1) is 0 Å². The van der Waals surface area contributed by atoms with Gasteiger partial charge in [-0.3, -0.25) is 9.69 Å². The molecule has 0 aromatic heterocycles. The van der Waals surface area contributed by atoms with Gasteiger partial charge in [-0.2, -0.15) is 8.78 Å². The second-order valence-electron chi connectivity index (χ2n) is 7.39. The zero-order chi connectivity index (χ0) is 20.0. The van der Waals surface area contributed by atoms with E-state index in [-0.39, 0.29) is 11.4 Å². The lowest BCUT2D eigenvalue weighted by Crippen LogP contribution is -2.53. The van der Waals surface area contributed by atoms with Gasteiger partial charge >= 0.3 is 0 Å². The minimum absolute atomic E-state index is 0.0263. The summed E-state index contributed by atoms with van der Waals surface area (Å²) in [6.07, 6.45) is 0. The van der Waals surface area contributed by atoms with E-state index in [1.807, 2.05) is 20.8 Å². The summed E-state index contributed by atoms with van der Waals surface area (Å²) in [5.41, 5.74) is 0.541. The largest absolute Gasteiger partial charge is 0.350 e. The molecule has 2 rings (SSSR count). The van der Waals surface area contributed by atoms with Gasteiger partial charge in [-0.25, -0.2) is 0 Å². The molecule has 0 bridgehead atoms. The van der Waals surface area contributed by atoms with Crippen LogP contribution in [-0.2, 0) is 4.79 Å². The van der Waals surface area contributed by atoms with Gasteiger partial charge in [-0.1, -0.05) is 11.8 Å². The molecular weight excluding hydrogens is 390 g/mol. The third-order valence-corrected chi connectivity index (χ3v) is 4.95. The van der Waals surface area contributed by atoms with Crippen LogP contribution in [0.15, 0.2) is 29.2 Å². The molecule has 0 spiro atoms. The average molecular weight is 417 g/mol. The maximum atomic E-state index is 12.4. The van der Waals surface area contributed by atoms with Crippen LogP contribution in [0.5, 0.6) is 0 Å². The Labute approximate surface area is 168 Å². The minimum atomic E-state index is -2.42. The van der Waals surface area contributed by atoms with Crippen LogP contribution in [0.25, 0.3) is 0 Å². The molecule has 1 fully saturated rings. The van der Waals surface area contributed by atoms with E-state index in [9.17, 15) is 13.6 Å². The predicted molar refractivity (Wildman–Crippen MR) is 110 cm³/mol. The van der Waals surface area contributed by atoms with E-state index in [1.165, 1.54) is 0 Å². The molecule has 1 aliphatic heterocycles. The molecule has 0 aliphatic carbocycles. The number of nitrogens with zero attached hydrogens (tertiary/aromatic N) is 2. The fourth-order valence-electron chi connectivity index (χ4n) is 2.69. The second kappa shape index (κ2) is 9.66. The Morgan fingerprint density at radius 1 is 1.19 bits per heavy atom. The quantitative estimate of drug-likeness (QED) is 0.568. The molecule has 1 heterocycles. The topological polar surface area (TPSA) is 47.6 Å². The van der Waals surface area contributed by atoms with Crippen molar-refractivity contribution in [3.05, 3.63) is 24.3 Å². The summed E-state index contributed by atoms with van der Waals surface area (Å²) in [6.45, 7) is 9.24. The van der Waals surface area contributed by atoms with Gasteiger partial charge in [0.05, 0.1) is 6.54 Å². The maximum absolute atomic E-state index is 12.4. The molecule has 150 valence electrons. The lowest BCUT2D eigenvalue weighted by molar-refractivity contribution is -0.123. The van der Waals surface area contributed by atoms with Crippen molar-refractivity contribution in [3.8, 4) is 0 Å². The van der Waals surface area contributed by atoms with Gasteiger partial charge in [0.15, 0.2) is 5.11 Å². The molecule has 1 saturated heterocycles. The number of hydrogen-bond donors (Lipinski definition) is 2. The van der Waals surface area contributed by atoms with E-state index in [1.54, 1.807) is 24.3 Å². The summed E-state index contributed by atoms with van der Waals surface area (Å²) in [4.78, 5) is 16.7. The number of carbonyl (C=O) groups excluding carboxylic acids is 1. The van der Waals surface area contributed by atoms with Gasteiger partial charge in [0.1, 0.15) is 0 Å². The smallest absolute Gasteiger partial charge is 0.288 e. The average Bonchev–Trinajstić information content (AvgIpc) is 2.55. The standard InChI is InChI=1S/C18H26F2N4OS2/c1-18(2,3)22-15(25)12-23-8-10-24(11-9-23)17(26)21-13-4-6-14(7-5-13)27-16(19)20/h4-7,16H,8-12H2,1-3H3,(H,21,26)(H,22,25).